The molecule has 0 atom stereocenters. The summed E-state index contributed by atoms with van der Waals surface area (Å²) in [5, 5.41) is 0. The Kier molecular flexibility index (Phi) is 8.45. The Bertz CT molecular complexity index is 683. The van der Waals surface area contributed by atoms with Crippen molar-refractivity contribution in [3.8, 4) is 0 Å². The first kappa shape index (κ1) is 21.9. The fourth-order valence-electron chi connectivity index (χ4n) is 2.83. The molecule has 2 aromatic carbocycles. The number of ether oxygens (including phenoxy) is 2. The van der Waals surface area contributed by atoms with Crippen molar-refractivity contribution >= 4 is 20.0 Å². The summed E-state index contributed by atoms with van der Waals surface area (Å²) in [7, 11) is -1.24. The summed E-state index contributed by atoms with van der Waals surface area (Å²) in [6, 6.07) is 20.0. The molecule has 5 heteroatoms. The minimum Gasteiger partial charge on any atom is -0.460 e. The summed E-state index contributed by atoms with van der Waals surface area (Å²) in [4.78, 5) is 25.2. The van der Waals surface area contributed by atoms with Crippen molar-refractivity contribution in [3.05, 3.63) is 71.8 Å². The summed E-state index contributed by atoms with van der Waals surface area (Å²) in [6.07, 6.45) is 1.28. The lowest BCUT2D eigenvalue weighted by molar-refractivity contribution is -0.164. The number of rotatable bonds is 10. The van der Waals surface area contributed by atoms with Gasteiger partial charge in [0.25, 0.3) is 0 Å². The van der Waals surface area contributed by atoms with Crippen LogP contribution in [0, 0.1) is 5.92 Å². The van der Waals surface area contributed by atoms with Crippen molar-refractivity contribution in [2.24, 2.45) is 5.92 Å². The fraction of sp³-hybridized carbons (Fsp3) is 0.391. The van der Waals surface area contributed by atoms with Crippen LogP contribution in [0.3, 0.4) is 0 Å². The molecule has 0 saturated heterocycles. The highest BCUT2D eigenvalue weighted by molar-refractivity contribution is 6.76. The van der Waals surface area contributed by atoms with Crippen LogP contribution in [0.1, 0.15) is 24.0 Å². The van der Waals surface area contributed by atoms with Crippen LogP contribution in [0.5, 0.6) is 0 Å². The zero-order valence-corrected chi connectivity index (χ0v) is 18.0. The van der Waals surface area contributed by atoms with E-state index in [-0.39, 0.29) is 13.2 Å². The zero-order valence-electron chi connectivity index (χ0n) is 17.0. The highest BCUT2D eigenvalue weighted by atomic mass is 28.3. The van der Waals surface area contributed by atoms with E-state index in [0.717, 1.165) is 23.6 Å². The molecule has 0 unspecified atom stereocenters. The summed E-state index contributed by atoms with van der Waals surface area (Å²) in [5.74, 6) is -1.88. The molecule has 0 radical (unpaired) electrons. The number of benzene rings is 2. The molecular weight excluding hydrogens is 368 g/mol. The monoisotopic (exact) mass is 398 g/mol. The highest BCUT2D eigenvalue weighted by Gasteiger charge is 2.30. The van der Waals surface area contributed by atoms with Gasteiger partial charge in [-0.2, -0.15) is 0 Å². The summed E-state index contributed by atoms with van der Waals surface area (Å²) >= 11 is 0. The first-order valence-corrected chi connectivity index (χ1v) is 13.5. The normalized spacial score (nSPS) is 11.3. The molecule has 0 aliphatic heterocycles. The van der Waals surface area contributed by atoms with E-state index >= 15 is 0 Å². The van der Waals surface area contributed by atoms with Gasteiger partial charge in [-0.05, 0) is 17.5 Å². The van der Waals surface area contributed by atoms with Crippen molar-refractivity contribution in [3.63, 3.8) is 0 Å². The Labute approximate surface area is 168 Å². The van der Waals surface area contributed by atoms with Gasteiger partial charge in [-0.25, -0.2) is 0 Å². The molecule has 0 aliphatic rings. The van der Waals surface area contributed by atoms with Crippen molar-refractivity contribution in [1.82, 2.24) is 0 Å². The van der Waals surface area contributed by atoms with Gasteiger partial charge in [0.2, 0.25) is 0 Å². The number of hydrogen-bond donors (Lipinski definition) is 0. The Morgan fingerprint density at radius 2 is 1.21 bits per heavy atom. The predicted molar refractivity (Wildman–Crippen MR) is 113 cm³/mol. The molecule has 0 aliphatic carbocycles. The van der Waals surface area contributed by atoms with Gasteiger partial charge in [0.05, 0.1) is 0 Å². The van der Waals surface area contributed by atoms with Gasteiger partial charge < -0.3 is 9.47 Å². The van der Waals surface area contributed by atoms with E-state index in [1.165, 1.54) is 0 Å². The average Bonchev–Trinajstić information content (AvgIpc) is 2.68. The third-order valence-corrected chi connectivity index (χ3v) is 6.29. The topological polar surface area (TPSA) is 52.6 Å². The van der Waals surface area contributed by atoms with Gasteiger partial charge >= 0.3 is 11.9 Å². The Morgan fingerprint density at radius 1 is 0.786 bits per heavy atom. The van der Waals surface area contributed by atoms with Crippen LogP contribution in [0.15, 0.2) is 60.7 Å². The van der Waals surface area contributed by atoms with Crippen LogP contribution in [0.2, 0.25) is 25.7 Å². The van der Waals surface area contributed by atoms with Gasteiger partial charge in [0.15, 0.2) is 5.92 Å². The lowest BCUT2D eigenvalue weighted by Gasteiger charge is -2.19. The fourth-order valence-corrected chi connectivity index (χ4v) is 4.09. The quantitative estimate of drug-likeness (QED) is 0.313. The maximum atomic E-state index is 12.6. The van der Waals surface area contributed by atoms with E-state index in [1.807, 2.05) is 60.7 Å². The van der Waals surface area contributed by atoms with Gasteiger partial charge in [-0.3, -0.25) is 9.59 Å². The smallest absolute Gasteiger partial charge is 0.320 e. The summed E-state index contributed by atoms with van der Waals surface area (Å²) in [6.45, 7) is 7.17. The third kappa shape index (κ3) is 8.09. The average molecular weight is 399 g/mol. The number of esters is 2. The molecular formula is C23H30O4Si. The van der Waals surface area contributed by atoms with Crippen LogP contribution in [-0.4, -0.2) is 20.0 Å². The minimum absolute atomic E-state index is 0.163. The highest BCUT2D eigenvalue weighted by Crippen LogP contribution is 2.20. The molecule has 4 nitrogen and oxygen atoms in total. The van der Waals surface area contributed by atoms with Crippen LogP contribution < -0.4 is 0 Å². The first-order valence-electron chi connectivity index (χ1n) is 9.76. The second-order valence-corrected chi connectivity index (χ2v) is 13.8. The number of carbonyl (C=O) groups excluding carboxylic acids is 2. The molecule has 0 aromatic heterocycles. The lowest BCUT2D eigenvalue weighted by Crippen LogP contribution is -2.29. The van der Waals surface area contributed by atoms with Gasteiger partial charge in [-0.1, -0.05) is 92.8 Å². The number of carbonyl (C=O) groups is 2. The van der Waals surface area contributed by atoms with E-state index < -0.39 is 25.9 Å². The third-order valence-electron chi connectivity index (χ3n) is 4.44. The molecule has 2 rings (SSSR count). The maximum absolute atomic E-state index is 12.6. The van der Waals surface area contributed by atoms with Crippen LogP contribution in [0.4, 0.5) is 0 Å². The molecule has 0 spiro atoms. The molecule has 150 valence electrons. The molecule has 0 saturated carbocycles. The molecule has 0 N–H and O–H groups in total. The molecule has 2 aromatic rings. The van der Waals surface area contributed by atoms with E-state index in [4.69, 9.17) is 9.47 Å². The zero-order chi connectivity index (χ0) is 20.4. The van der Waals surface area contributed by atoms with Crippen LogP contribution >= 0.6 is 0 Å². The molecule has 0 amide bonds. The van der Waals surface area contributed by atoms with Crippen molar-refractivity contribution in [2.45, 2.75) is 51.7 Å². The van der Waals surface area contributed by atoms with Gasteiger partial charge in [-0.15, -0.1) is 0 Å². The first-order chi connectivity index (χ1) is 13.3. The summed E-state index contributed by atoms with van der Waals surface area (Å²) < 4.78 is 10.8. The standard InChI is InChI=1S/C23H30O4Si/c1-28(2,3)16-10-15-21(22(24)26-17-19-11-6-4-7-12-19)23(25)27-18-20-13-8-5-9-14-20/h4-9,11-14,21H,10,15-18H2,1-3H3. The molecule has 0 bridgehead atoms. The van der Waals surface area contributed by atoms with Gasteiger partial charge in [0, 0.05) is 8.07 Å². The van der Waals surface area contributed by atoms with E-state index in [2.05, 4.69) is 19.6 Å². The number of hydrogen-bond acceptors (Lipinski definition) is 4. The minimum atomic E-state index is -1.24. The molecule has 0 fully saturated rings. The van der Waals surface area contributed by atoms with Gasteiger partial charge in [0.1, 0.15) is 13.2 Å². The van der Waals surface area contributed by atoms with E-state index in [1.54, 1.807) is 0 Å². The van der Waals surface area contributed by atoms with Crippen LogP contribution in [-0.2, 0) is 32.3 Å². The second kappa shape index (κ2) is 10.8. The lowest BCUT2D eigenvalue weighted by atomic mass is 10.0. The Hall–Kier alpha value is -2.40. The van der Waals surface area contributed by atoms with E-state index in [9.17, 15) is 9.59 Å². The SMILES string of the molecule is C[Si](C)(C)CCCC(C(=O)OCc1ccccc1)C(=O)OCc1ccccc1. The largest absolute Gasteiger partial charge is 0.460 e. The second-order valence-electron chi connectivity index (χ2n) is 8.19. The summed E-state index contributed by atoms with van der Waals surface area (Å²) in [5.41, 5.74) is 1.80. The Balaban J connectivity index is 1.95. The van der Waals surface area contributed by atoms with Crippen molar-refractivity contribution in [2.75, 3.05) is 0 Å². The Morgan fingerprint density at radius 3 is 1.61 bits per heavy atom. The van der Waals surface area contributed by atoms with Crippen LogP contribution in [0.25, 0.3) is 0 Å². The molecule has 28 heavy (non-hydrogen) atoms. The predicted octanol–water partition coefficient (Wildman–Crippen LogP) is 5.21. The maximum Gasteiger partial charge on any atom is 0.320 e. The van der Waals surface area contributed by atoms with E-state index in [0.29, 0.717) is 6.42 Å². The molecule has 0 heterocycles. The van der Waals surface area contributed by atoms with Crippen molar-refractivity contribution < 1.29 is 19.1 Å². The van der Waals surface area contributed by atoms with Crippen molar-refractivity contribution in [1.29, 1.82) is 0 Å².